The van der Waals surface area contributed by atoms with E-state index in [1.807, 2.05) is 6.07 Å². The summed E-state index contributed by atoms with van der Waals surface area (Å²) in [5.41, 5.74) is -0.873. The molecule has 194 valence electrons. The molecule has 1 aliphatic carbocycles. The van der Waals surface area contributed by atoms with Gasteiger partial charge in [-0.2, -0.15) is 18.2 Å². The van der Waals surface area contributed by atoms with E-state index in [0.717, 1.165) is 25.9 Å². The molecule has 1 saturated carbocycles. The van der Waals surface area contributed by atoms with Crippen LogP contribution in [-0.2, 0) is 4.79 Å². The lowest BCUT2D eigenvalue weighted by Gasteiger charge is -2.18. The zero-order chi connectivity index (χ0) is 25.8. The normalized spacial score (nSPS) is 16.4. The van der Waals surface area contributed by atoms with Crippen LogP contribution in [0.5, 0.6) is 0 Å². The van der Waals surface area contributed by atoms with Crippen molar-refractivity contribution in [3.63, 3.8) is 0 Å². The second-order valence-electron chi connectivity index (χ2n) is 8.84. The largest absolute Gasteiger partial charge is 0.403 e. The predicted molar refractivity (Wildman–Crippen MR) is 133 cm³/mol. The number of urea groups is 1. The van der Waals surface area contributed by atoms with Gasteiger partial charge in [0.25, 0.3) is 0 Å². The molecule has 2 heterocycles. The highest BCUT2D eigenvalue weighted by molar-refractivity contribution is 9.10. The van der Waals surface area contributed by atoms with Crippen molar-refractivity contribution in [3.05, 3.63) is 34.9 Å². The van der Waals surface area contributed by atoms with Crippen molar-refractivity contribution in [2.45, 2.75) is 38.3 Å². The van der Waals surface area contributed by atoms with Crippen LogP contribution in [0.2, 0.25) is 0 Å². The van der Waals surface area contributed by atoms with Crippen LogP contribution in [0.3, 0.4) is 0 Å². The molecular weight excluding hydrogens is 543 g/mol. The summed E-state index contributed by atoms with van der Waals surface area (Å²) in [4.78, 5) is 34.7. The van der Waals surface area contributed by atoms with Crippen molar-refractivity contribution in [1.82, 2.24) is 20.2 Å². The highest BCUT2D eigenvalue weighted by Gasteiger charge is 2.68. The van der Waals surface area contributed by atoms with Crippen LogP contribution in [0.15, 0.2) is 34.9 Å². The van der Waals surface area contributed by atoms with E-state index in [9.17, 15) is 22.8 Å². The van der Waals surface area contributed by atoms with Gasteiger partial charge in [-0.05, 0) is 66.2 Å². The van der Waals surface area contributed by atoms with Gasteiger partial charge in [0, 0.05) is 43.8 Å². The first-order chi connectivity index (χ1) is 17.2. The molecular formula is C23H27BrF3N7O2. The third-order valence-corrected chi connectivity index (χ3v) is 6.75. The zero-order valence-electron chi connectivity index (χ0n) is 19.4. The second kappa shape index (κ2) is 10.9. The molecule has 3 amide bonds. The van der Waals surface area contributed by atoms with Crippen LogP contribution in [-0.4, -0.2) is 59.2 Å². The number of halogens is 4. The van der Waals surface area contributed by atoms with E-state index >= 15 is 0 Å². The van der Waals surface area contributed by atoms with Gasteiger partial charge in [0.15, 0.2) is 0 Å². The SMILES string of the molecule is O=C(Nc1cccc(Nc2ncc(Br)c(NCCCNC(=O)C3(C(F)(F)F)CC3)n2)c1)N1CCCC1. The van der Waals surface area contributed by atoms with Crippen molar-refractivity contribution in [1.29, 1.82) is 0 Å². The Bertz CT molecular complexity index is 1110. The van der Waals surface area contributed by atoms with Crippen molar-refractivity contribution >= 4 is 51.0 Å². The van der Waals surface area contributed by atoms with Gasteiger partial charge < -0.3 is 26.2 Å². The number of carbonyl (C=O) groups is 2. The fourth-order valence-corrected chi connectivity index (χ4v) is 4.24. The molecule has 4 N–H and O–H groups in total. The molecule has 1 aromatic heterocycles. The molecule has 0 atom stereocenters. The van der Waals surface area contributed by atoms with Crippen LogP contribution in [0.4, 0.5) is 41.1 Å². The Kier molecular flexibility index (Phi) is 7.86. The Labute approximate surface area is 214 Å². The molecule has 4 rings (SSSR count). The second-order valence-corrected chi connectivity index (χ2v) is 9.69. The number of hydrogen-bond acceptors (Lipinski definition) is 6. The van der Waals surface area contributed by atoms with Crippen molar-refractivity contribution in [2.75, 3.05) is 42.1 Å². The Hall–Kier alpha value is -3.09. The van der Waals surface area contributed by atoms with Crippen molar-refractivity contribution < 1.29 is 22.8 Å². The maximum Gasteiger partial charge on any atom is 0.403 e. The quantitative estimate of drug-likeness (QED) is 0.320. The maximum atomic E-state index is 13.0. The van der Waals surface area contributed by atoms with Crippen LogP contribution in [0.1, 0.15) is 32.1 Å². The number of anilines is 4. The first-order valence-corrected chi connectivity index (χ1v) is 12.5. The van der Waals surface area contributed by atoms with Crippen LogP contribution in [0.25, 0.3) is 0 Å². The molecule has 0 spiro atoms. The van der Waals surface area contributed by atoms with Crippen LogP contribution in [0, 0.1) is 5.41 Å². The van der Waals surface area contributed by atoms with E-state index in [4.69, 9.17) is 0 Å². The van der Waals surface area contributed by atoms with Crippen molar-refractivity contribution in [3.8, 4) is 0 Å². The number of nitrogens with zero attached hydrogens (tertiary/aromatic N) is 3. The van der Waals surface area contributed by atoms with Crippen LogP contribution >= 0.6 is 15.9 Å². The minimum absolute atomic E-state index is 0.118. The number of hydrogen-bond donors (Lipinski definition) is 4. The molecule has 1 aromatic carbocycles. The third kappa shape index (κ3) is 6.18. The summed E-state index contributed by atoms with van der Waals surface area (Å²) >= 11 is 3.37. The lowest BCUT2D eigenvalue weighted by atomic mass is 10.1. The summed E-state index contributed by atoms with van der Waals surface area (Å²) in [6.07, 6.45) is -0.810. The summed E-state index contributed by atoms with van der Waals surface area (Å²) in [6.45, 7) is 2.01. The lowest BCUT2D eigenvalue weighted by Crippen LogP contribution is -2.41. The third-order valence-electron chi connectivity index (χ3n) is 6.17. The molecule has 13 heteroatoms. The van der Waals surface area contributed by atoms with Gasteiger partial charge in [0.1, 0.15) is 11.2 Å². The zero-order valence-corrected chi connectivity index (χ0v) is 21.0. The number of nitrogens with one attached hydrogen (secondary N) is 4. The fourth-order valence-electron chi connectivity index (χ4n) is 3.91. The first kappa shape index (κ1) is 26.0. The smallest absolute Gasteiger partial charge is 0.369 e. The van der Waals surface area contributed by atoms with Gasteiger partial charge >= 0.3 is 12.2 Å². The van der Waals surface area contributed by atoms with Gasteiger partial charge in [-0.25, -0.2) is 9.78 Å². The first-order valence-electron chi connectivity index (χ1n) is 11.7. The van der Waals surface area contributed by atoms with E-state index < -0.39 is 17.5 Å². The standard InChI is InChI=1S/C23H27BrF3N7O2/c24-17-14-30-20(31-15-5-3-6-16(13-15)32-21(36)34-11-1-2-12-34)33-18(17)28-9-4-10-29-19(35)22(7-8-22)23(25,26)27/h3,5-6,13-14H,1-2,4,7-12H2,(H,29,35)(H,32,36)(H2,28,30,31,33). The summed E-state index contributed by atoms with van der Waals surface area (Å²) < 4.78 is 39.6. The van der Waals surface area contributed by atoms with Gasteiger partial charge in [0.05, 0.1) is 4.47 Å². The summed E-state index contributed by atoms with van der Waals surface area (Å²) in [5.74, 6) is -0.146. The maximum absolute atomic E-state index is 13.0. The number of aromatic nitrogens is 2. The van der Waals surface area contributed by atoms with Gasteiger partial charge in [-0.15, -0.1) is 0 Å². The molecule has 2 aliphatic rings. The summed E-state index contributed by atoms with van der Waals surface area (Å²) in [5, 5.41) is 11.5. The Morgan fingerprint density at radius 3 is 2.53 bits per heavy atom. The van der Waals surface area contributed by atoms with Gasteiger partial charge in [-0.1, -0.05) is 6.07 Å². The molecule has 36 heavy (non-hydrogen) atoms. The molecule has 9 nitrogen and oxygen atoms in total. The fraction of sp³-hybridized carbons (Fsp3) is 0.478. The molecule has 2 fully saturated rings. The monoisotopic (exact) mass is 569 g/mol. The highest BCUT2D eigenvalue weighted by atomic mass is 79.9. The predicted octanol–water partition coefficient (Wildman–Crippen LogP) is 4.87. The molecule has 2 aromatic rings. The molecule has 1 aliphatic heterocycles. The molecule has 0 unspecified atom stereocenters. The lowest BCUT2D eigenvalue weighted by molar-refractivity contribution is -0.192. The van der Waals surface area contributed by atoms with Gasteiger partial charge in [-0.3, -0.25) is 4.79 Å². The molecule has 0 radical (unpaired) electrons. The Morgan fingerprint density at radius 2 is 1.83 bits per heavy atom. The summed E-state index contributed by atoms with van der Waals surface area (Å²) in [7, 11) is 0. The average molecular weight is 570 g/mol. The average Bonchev–Trinajstić information content (AvgIpc) is 3.49. The Balaban J connectivity index is 1.26. The van der Waals surface area contributed by atoms with E-state index in [2.05, 4.69) is 47.2 Å². The number of likely N-dealkylation sites (tertiary alicyclic amines) is 1. The number of amides is 3. The highest BCUT2D eigenvalue weighted by Crippen LogP contribution is 2.57. The van der Waals surface area contributed by atoms with E-state index in [-0.39, 0.29) is 25.4 Å². The number of carbonyl (C=O) groups excluding carboxylic acids is 2. The summed E-state index contributed by atoms with van der Waals surface area (Å²) in [6, 6.07) is 7.08. The number of alkyl halides is 3. The number of benzene rings is 1. The van der Waals surface area contributed by atoms with E-state index in [1.54, 1.807) is 29.3 Å². The van der Waals surface area contributed by atoms with Crippen molar-refractivity contribution in [2.24, 2.45) is 5.41 Å². The topological polar surface area (TPSA) is 111 Å². The van der Waals surface area contributed by atoms with E-state index in [1.165, 1.54) is 0 Å². The minimum atomic E-state index is -4.51. The van der Waals surface area contributed by atoms with Crippen LogP contribution < -0.4 is 21.3 Å². The number of rotatable bonds is 9. The minimum Gasteiger partial charge on any atom is -0.369 e. The Morgan fingerprint density at radius 1 is 1.11 bits per heavy atom. The van der Waals surface area contributed by atoms with E-state index in [0.29, 0.717) is 40.6 Å². The molecule has 0 bridgehead atoms. The van der Waals surface area contributed by atoms with Gasteiger partial charge in [0.2, 0.25) is 11.9 Å². The molecule has 1 saturated heterocycles.